The first-order valence-corrected chi connectivity index (χ1v) is 7.16. The number of alkyl halides is 1. The lowest BCUT2D eigenvalue weighted by atomic mass is 10.0. The normalized spacial score (nSPS) is 12.5. The van der Waals surface area contributed by atoms with E-state index in [2.05, 4.69) is 31.9 Å². The maximum atomic E-state index is 13.8. The molecule has 0 spiro atoms. The van der Waals surface area contributed by atoms with Gasteiger partial charge in [0.1, 0.15) is 17.5 Å². The molecule has 0 N–H and O–H groups in total. The second-order valence-electron chi connectivity index (χ2n) is 3.82. The van der Waals surface area contributed by atoms with Gasteiger partial charge in [-0.05, 0) is 45.8 Å². The molecule has 0 saturated heterocycles. The van der Waals surface area contributed by atoms with Crippen molar-refractivity contribution in [1.29, 1.82) is 0 Å². The summed E-state index contributed by atoms with van der Waals surface area (Å²) in [5, 5.41) is -1.04. The fraction of sp³-hybridized carbons (Fsp3) is 0.0769. The minimum absolute atomic E-state index is 0.188. The van der Waals surface area contributed by atoms with Gasteiger partial charge in [-0.15, -0.1) is 11.6 Å². The predicted octanol–water partition coefficient (Wildman–Crippen LogP) is 5.96. The number of halogens is 6. The van der Waals surface area contributed by atoms with Gasteiger partial charge in [0.05, 0.1) is 9.85 Å². The maximum absolute atomic E-state index is 13.8. The molecule has 19 heavy (non-hydrogen) atoms. The van der Waals surface area contributed by atoms with E-state index in [1.54, 1.807) is 0 Å². The van der Waals surface area contributed by atoms with E-state index in [0.717, 1.165) is 12.1 Å². The van der Waals surface area contributed by atoms with Gasteiger partial charge in [0.25, 0.3) is 0 Å². The number of hydrogen-bond donors (Lipinski definition) is 0. The van der Waals surface area contributed by atoms with E-state index in [1.807, 2.05) is 0 Å². The third kappa shape index (κ3) is 3.15. The summed E-state index contributed by atoms with van der Waals surface area (Å²) >= 11 is 12.1. The van der Waals surface area contributed by atoms with Crippen LogP contribution in [0.25, 0.3) is 0 Å². The molecule has 2 rings (SSSR count). The highest BCUT2D eigenvalue weighted by molar-refractivity contribution is 9.10. The third-order valence-corrected chi connectivity index (χ3v) is 4.07. The van der Waals surface area contributed by atoms with Gasteiger partial charge >= 0.3 is 0 Å². The molecule has 0 aliphatic rings. The van der Waals surface area contributed by atoms with E-state index in [-0.39, 0.29) is 14.5 Å². The lowest BCUT2D eigenvalue weighted by molar-refractivity contribution is 0.557. The molecule has 0 aromatic heterocycles. The molecule has 0 radical (unpaired) electrons. The fourth-order valence-electron chi connectivity index (χ4n) is 1.63. The molecule has 0 amide bonds. The standard InChI is InChI=1S/C13H6Br2ClF3/c14-7-4-10(18)12(11(19)5-7)13(16)6-1-2-9(17)8(15)3-6/h1-5,13H. The Morgan fingerprint density at radius 2 is 1.47 bits per heavy atom. The fourth-order valence-corrected chi connectivity index (χ4v) is 2.77. The summed E-state index contributed by atoms with van der Waals surface area (Å²) in [5.74, 6) is -1.98. The molecule has 0 saturated carbocycles. The van der Waals surface area contributed by atoms with Crippen molar-refractivity contribution in [3.05, 3.63) is 67.9 Å². The number of rotatable bonds is 2. The molecule has 2 aromatic carbocycles. The summed E-state index contributed by atoms with van der Waals surface area (Å²) in [5.41, 5.74) is 0.137. The van der Waals surface area contributed by atoms with Gasteiger partial charge in [-0.25, -0.2) is 13.2 Å². The maximum Gasteiger partial charge on any atom is 0.137 e. The molecule has 100 valence electrons. The summed E-state index contributed by atoms with van der Waals surface area (Å²) in [4.78, 5) is 0. The Labute approximate surface area is 129 Å². The first-order chi connectivity index (χ1) is 8.90. The highest BCUT2D eigenvalue weighted by Gasteiger charge is 2.21. The van der Waals surface area contributed by atoms with Crippen molar-refractivity contribution >= 4 is 43.5 Å². The van der Waals surface area contributed by atoms with Crippen LogP contribution in [0.15, 0.2) is 39.3 Å². The van der Waals surface area contributed by atoms with Crippen molar-refractivity contribution in [2.45, 2.75) is 5.38 Å². The summed E-state index contributed by atoms with van der Waals surface area (Å²) in [6, 6.07) is 6.23. The van der Waals surface area contributed by atoms with E-state index >= 15 is 0 Å². The van der Waals surface area contributed by atoms with E-state index in [0.29, 0.717) is 5.56 Å². The van der Waals surface area contributed by atoms with Gasteiger partial charge in [-0.2, -0.15) is 0 Å². The van der Waals surface area contributed by atoms with E-state index in [1.165, 1.54) is 18.2 Å². The lowest BCUT2D eigenvalue weighted by Gasteiger charge is -2.13. The average Bonchev–Trinajstić information content (AvgIpc) is 2.31. The van der Waals surface area contributed by atoms with Crippen LogP contribution in [0.5, 0.6) is 0 Å². The van der Waals surface area contributed by atoms with Crippen LogP contribution in [0, 0.1) is 17.5 Å². The van der Waals surface area contributed by atoms with Crippen LogP contribution < -0.4 is 0 Å². The molecule has 0 aliphatic heterocycles. The van der Waals surface area contributed by atoms with Gasteiger partial charge in [0.2, 0.25) is 0 Å². The van der Waals surface area contributed by atoms with Gasteiger partial charge in [0, 0.05) is 10.0 Å². The summed E-state index contributed by atoms with van der Waals surface area (Å²) in [6.07, 6.45) is 0. The van der Waals surface area contributed by atoms with Crippen LogP contribution >= 0.6 is 43.5 Å². The molecule has 0 fully saturated rings. The first kappa shape index (κ1) is 14.9. The zero-order chi connectivity index (χ0) is 14.2. The Morgan fingerprint density at radius 1 is 0.895 bits per heavy atom. The van der Waals surface area contributed by atoms with E-state index in [9.17, 15) is 13.2 Å². The third-order valence-electron chi connectivity index (χ3n) is 2.53. The van der Waals surface area contributed by atoms with Crippen LogP contribution in [0.1, 0.15) is 16.5 Å². The van der Waals surface area contributed by atoms with Crippen molar-refractivity contribution in [2.24, 2.45) is 0 Å². The topological polar surface area (TPSA) is 0 Å². The molecular formula is C13H6Br2ClF3. The Kier molecular flexibility index (Phi) is 4.58. The zero-order valence-corrected chi connectivity index (χ0v) is 13.2. The number of hydrogen-bond acceptors (Lipinski definition) is 0. The SMILES string of the molecule is Fc1ccc(C(Cl)c2c(F)cc(Br)cc2F)cc1Br. The van der Waals surface area contributed by atoms with Crippen molar-refractivity contribution < 1.29 is 13.2 Å². The van der Waals surface area contributed by atoms with Crippen molar-refractivity contribution in [3.8, 4) is 0 Å². The molecule has 2 aromatic rings. The van der Waals surface area contributed by atoms with E-state index < -0.39 is 22.8 Å². The van der Waals surface area contributed by atoms with Crippen molar-refractivity contribution in [2.75, 3.05) is 0 Å². The van der Waals surface area contributed by atoms with Crippen molar-refractivity contribution in [3.63, 3.8) is 0 Å². The van der Waals surface area contributed by atoms with Gasteiger partial charge in [-0.1, -0.05) is 22.0 Å². The Hall–Kier alpha value is -0.520. The minimum Gasteiger partial charge on any atom is -0.206 e. The molecule has 1 unspecified atom stereocenters. The molecule has 0 heterocycles. The van der Waals surface area contributed by atoms with Crippen LogP contribution in [0.2, 0.25) is 0 Å². The molecule has 0 bridgehead atoms. The predicted molar refractivity (Wildman–Crippen MR) is 75.9 cm³/mol. The zero-order valence-electron chi connectivity index (χ0n) is 9.23. The average molecular weight is 414 g/mol. The van der Waals surface area contributed by atoms with Gasteiger partial charge in [0.15, 0.2) is 0 Å². The van der Waals surface area contributed by atoms with Crippen LogP contribution in [-0.2, 0) is 0 Å². The second kappa shape index (κ2) is 5.85. The lowest BCUT2D eigenvalue weighted by Crippen LogP contribution is -2.01. The second-order valence-corrected chi connectivity index (χ2v) is 6.03. The Morgan fingerprint density at radius 3 is 2.00 bits per heavy atom. The van der Waals surface area contributed by atoms with Crippen LogP contribution in [0.3, 0.4) is 0 Å². The summed E-state index contributed by atoms with van der Waals surface area (Å²) in [7, 11) is 0. The Bertz CT molecular complexity index is 608. The molecule has 1 atom stereocenters. The van der Waals surface area contributed by atoms with Crippen molar-refractivity contribution in [1.82, 2.24) is 0 Å². The largest absolute Gasteiger partial charge is 0.206 e. The molecule has 0 aliphatic carbocycles. The van der Waals surface area contributed by atoms with Gasteiger partial charge in [-0.3, -0.25) is 0 Å². The first-order valence-electron chi connectivity index (χ1n) is 5.13. The van der Waals surface area contributed by atoms with Gasteiger partial charge < -0.3 is 0 Å². The minimum atomic E-state index is -1.04. The monoisotopic (exact) mass is 412 g/mol. The molecule has 6 heteroatoms. The van der Waals surface area contributed by atoms with Crippen LogP contribution in [0.4, 0.5) is 13.2 Å². The van der Waals surface area contributed by atoms with Crippen LogP contribution in [-0.4, -0.2) is 0 Å². The van der Waals surface area contributed by atoms with E-state index in [4.69, 9.17) is 11.6 Å². The smallest absolute Gasteiger partial charge is 0.137 e. The quantitative estimate of drug-likeness (QED) is 0.532. The molecular weight excluding hydrogens is 408 g/mol. The molecule has 0 nitrogen and oxygen atoms in total. The summed E-state index contributed by atoms with van der Waals surface area (Å²) < 4.78 is 41.2. The highest BCUT2D eigenvalue weighted by atomic mass is 79.9. The Balaban J connectivity index is 2.49. The summed E-state index contributed by atoms with van der Waals surface area (Å²) in [6.45, 7) is 0. The highest BCUT2D eigenvalue weighted by Crippen LogP contribution is 2.35. The number of benzene rings is 2.